The van der Waals surface area contributed by atoms with E-state index < -0.39 is 18.4 Å². The van der Waals surface area contributed by atoms with Gasteiger partial charge >= 0.3 is 0 Å². The highest BCUT2D eigenvalue weighted by atomic mass is 32.1. The van der Waals surface area contributed by atoms with Crippen molar-refractivity contribution in [3.63, 3.8) is 0 Å². The summed E-state index contributed by atoms with van der Waals surface area (Å²) in [6.07, 6.45) is 6.40. The van der Waals surface area contributed by atoms with Crippen LogP contribution in [0.15, 0.2) is 10.7 Å². The molecule has 3 N–H and O–H groups in total. The van der Waals surface area contributed by atoms with Crippen molar-refractivity contribution in [2.75, 3.05) is 31.2 Å². The molecule has 0 radical (unpaired) electrons. The monoisotopic (exact) mass is 593 g/mol. The number of aromatic nitrogens is 5. The van der Waals surface area contributed by atoms with Gasteiger partial charge in [-0.3, -0.25) is 0 Å². The van der Waals surface area contributed by atoms with E-state index in [1.165, 1.54) is 11.3 Å². The van der Waals surface area contributed by atoms with Crippen molar-refractivity contribution in [2.45, 2.75) is 82.2 Å². The molecule has 5 heterocycles. The molecule has 7 rings (SSSR count). The normalized spacial score (nSPS) is 22.9. The van der Waals surface area contributed by atoms with Crippen LogP contribution in [-0.2, 0) is 18.3 Å². The lowest BCUT2D eigenvalue weighted by atomic mass is 9.63. The van der Waals surface area contributed by atoms with Gasteiger partial charge in [0.05, 0.1) is 35.1 Å². The molecule has 4 aromatic heterocycles. The lowest BCUT2D eigenvalue weighted by molar-refractivity contribution is 0.163. The maximum Gasteiger partial charge on any atom is 0.255 e. The SMILES string of the molecule is C[C@@H]([C@@H]1CCCN1C)n1ncc2c(NCC(F)F)nc(-c3noc4c3CCC[C@@]43CCCc4sc(N)c(C#N)c43)nc21. The minimum atomic E-state index is -2.55. The molecule has 0 saturated carbocycles. The van der Waals surface area contributed by atoms with Gasteiger partial charge in [-0.1, -0.05) is 5.16 Å². The molecule has 1 fully saturated rings. The fraction of sp³-hybridized carbons (Fsp3) is 0.552. The number of alkyl halides is 2. The van der Waals surface area contributed by atoms with Gasteiger partial charge in [-0.25, -0.2) is 23.4 Å². The standard InChI is InChI=1S/C29H33F2N9OS/c1-15(19-7-5-11-39(19)2)40-28-18(13-35-40)26(34-14-21(30)31)36-27(37-28)23-16-6-3-9-29(24(16)41-38-23)10-4-8-20-22(29)17(12-32)25(33)42-20/h13,15,19,21H,3-11,14,33H2,1-2H3,(H,34,36,37)/t15-,19-,29-/m0/s1. The van der Waals surface area contributed by atoms with E-state index in [0.717, 1.165) is 79.7 Å². The average Bonchev–Trinajstić information content (AvgIpc) is 3.76. The number of nitrogens with zero attached hydrogens (tertiary/aromatic N) is 7. The van der Waals surface area contributed by atoms with Gasteiger partial charge in [0, 0.05) is 16.5 Å². The fourth-order valence-corrected chi connectivity index (χ4v) is 8.72. The third-order valence-corrected chi connectivity index (χ3v) is 10.5. The van der Waals surface area contributed by atoms with Gasteiger partial charge in [0.15, 0.2) is 22.9 Å². The van der Waals surface area contributed by atoms with Gasteiger partial charge in [0.25, 0.3) is 6.43 Å². The third kappa shape index (κ3) is 4.10. The Hall–Kier alpha value is -3.63. The zero-order chi connectivity index (χ0) is 29.2. The van der Waals surface area contributed by atoms with E-state index in [-0.39, 0.29) is 12.1 Å². The Labute approximate surface area is 245 Å². The van der Waals surface area contributed by atoms with Crippen LogP contribution in [0, 0.1) is 11.3 Å². The quantitative estimate of drug-likeness (QED) is 0.306. The first-order chi connectivity index (χ1) is 20.3. The summed E-state index contributed by atoms with van der Waals surface area (Å²) in [5.74, 6) is 1.36. The lowest BCUT2D eigenvalue weighted by Crippen LogP contribution is -2.35. The largest absolute Gasteiger partial charge is 0.389 e. The van der Waals surface area contributed by atoms with Crippen LogP contribution in [0.25, 0.3) is 22.6 Å². The van der Waals surface area contributed by atoms with Gasteiger partial charge in [0.2, 0.25) is 0 Å². The number of nitrogen functional groups attached to an aromatic ring is 1. The van der Waals surface area contributed by atoms with Crippen LogP contribution in [0.4, 0.5) is 19.6 Å². The molecule has 0 bridgehead atoms. The van der Waals surface area contributed by atoms with Crippen molar-refractivity contribution in [3.05, 3.63) is 33.5 Å². The molecule has 0 amide bonds. The Morgan fingerprint density at radius 3 is 2.81 bits per heavy atom. The van der Waals surface area contributed by atoms with Gasteiger partial charge in [-0.15, -0.1) is 11.3 Å². The smallest absolute Gasteiger partial charge is 0.255 e. The minimum absolute atomic E-state index is 0.0179. The molecule has 3 aliphatic rings. The number of nitriles is 1. The Kier molecular flexibility index (Phi) is 6.66. The molecular weight excluding hydrogens is 560 g/mol. The van der Waals surface area contributed by atoms with Crippen molar-refractivity contribution in [1.82, 2.24) is 29.8 Å². The van der Waals surface area contributed by atoms with Crippen LogP contribution >= 0.6 is 11.3 Å². The third-order valence-electron chi connectivity index (χ3n) is 9.47. The van der Waals surface area contributed by atoms with E-state index in [1.54, 1.807) is 6.20 Å². The van der Waals surface area contributed by atoms with Crippen LogP contribution in [0.1, 0.15) is 78.8 Å². The molecule has 42 heavy (non-hydrogen) atoms. The van der Waals surface area contributed by atoms with Crippen LogP contribution in [0.5, 0.6) is 0 Å². The van der Waals surface area contributed by atoms with Gasteiger partial charge in [0.1, 0.15) is 16.9 Å². The summed E-state index contributed by atoms with van der Waals surface area (Å²) in [7, 11) is 2.11. The fourth-order valence-electron chi connectivity index (χ4n) is 7.56. The zero-order valence-electron chi connectivity index (χ0n) is 23.7. The Morgan fingerprint density at radius 1 is 1.26 bits per heavy atom. The number of aryl methyl sites for hydroxylation is 1. The maximum absolute atomic E-state index is 13.3. The van der Waals surface area contributed by atoms with E-state index in [9.17, 15) is 14.0 Å². The lowest BCUT2D eigenvalue weighted by Gasteiger charge is -2.39. The molecule has 2 aliphatic carbocycles. The molecule has 1 spiro atoms. The molecule has 220 valence electrons. The van der Waals surface area contributed by atoms with Crippen molar-refractivity contribution in [1.29, 1.82) is 5.26 Å². The van der Waals surface area contributed by atoms with E-state index >= 15 is 0 Å². The predicted octanol–water partition coefficient (Wildman–Crippen LogP) is 5.29. The molecule has 0 aromatic carbocycles. The first-order valence-corrected chi connectivity index (χ1v) is 15.4. The number of hydrogen-bond acceptors (Lipinski definition) is 10. The number of likely N-dealkylation sites (tertiary alicyclic amines) is 1. The average molecular weight is 594 g/mol. The van der Waals surface area contributed by atoms with Crippen molar-refractivity contribution in [2.24, 2.45) is 0 Å². The van der Waals surface area contributed by atoms with Crippen LogP contribution in [0.3, 0.4) is 0 Å². The number of fused-ring (bicyclic) bond motifs is 5. The second-order valence-electron chi connectivity index (χ2n) is 11.8. The molecule has 1 saturated heterocycles. The molecule has 0 unspecified atom stereocenters. The van der Waals surface area contributed by atoms with Gasteiger partial charge in [-0.2, -0.15) is 10.4 Å². The molecular formula is C29H33F2N9OS. The number of thiophene rings is 1. The van der Waals surface area contributed by atoms with Crippen LogP contribution < -0.4 is 11.1 Å². The highest BCUT2D eigenvalue weighted by molar-refractivity contribution is 7.16. The number of hydrogen-bond donors (Lipinski definition) is 2. The second-order valence-corrected chi connectivity index (χ2v) is 12.9. The topological polar surface area (TPSA) is 135 Å². The predicted molar refractivity (Wildman–Crippen MR) is 156 cm³/mol. The van der Waals surface area contributed by atoms with Crippen LogP contribution in [-0.4, -0.2) is 62.4 Å². The van der Waals surface area contributed by atoms with Crippen molar-refractivity contribution in [3.8, 4) is 17.6 Å². The summed E-state index contributed by atoms with van der Waals surface area (Å²) in [4.78, 5) is 13.1. The number of likely N-dealkylation sites (N-methyl/N-ethyl adjacent to an activating group) is 1. The van der Waals surface area contributed by atoms with E-state index in [2.05, 4.69) is 40.5 Å². The number of halogens is 2. The molecule has 1 aliphatic heterocycles. The summed E-state index contributed by atoms with van der Waals surface area (Å²) in [5.41, 5.74) is 9.36. The minimum Gasteiger partial charge on any atom is -0.389 e. The first kappa shape index (κ1) is 27.2. The van der Waals surface area contributed by atoms with Crippen molar-refractivity contribution >= 4 is 33.2 Å². The number of rotatable bonds is 6. The van der Waals surface area contributed by atoms with Gasteiger partial charge < -0.3 is 20.5 Å². The maximum atomic E-state index is 13.3. The Morgan fingerprint density at radius 2 is 2.07 bits per heavy atom. The molecule has 4 aromatic rings. The highest BCUT2D eigenvalue weighted by Crippen LogP contribution is 2.55. The molecule has 10 nitrogen and oxygen atoms in total. The number of anilines is 2. The summed E-state index contributed by atoms with van der Waals surface area (Å²) in [5, 5.41) is 23.1. The highest BCUT2D eigenvalue weighted by Gasteiger charge is 2.49. The number of nitrogens with two attached hydrogens (primary N) is 1. The Bertz CT molecular complexity index is 1700. The first-order valence-electron chi connectivity index (χ1n) is 14.6. The van der Waals surface area contributed by atoms with Crippen molar-refractivity contribution < 1.29 is 13.3 Å². The molecule has 13 heteroatoms. The molecule has 3 atom stereocenters. The van der Waals surface area contributed by atoms with Crippen LogP contribution in [0.2, 0.25) is 0 Å². The van der Waals surface area contributed by atoms with E-state index in [0.29, 0.717) is 38.9 Å². The number of nitrogens with one attached hydrogen (secondary N) is 1. The summed E-state index contributed by atoms with van der Waals surface area (Å²) < 4.78 is 34.6. The van der Waals surface area contributed by atoms with E-state index in [4.69, 9.17) is 20.2 Å². The van der Waals surface area contributed by atoms with Gasteiger partial charge in [-0.05, 0) is 77.4 Å². The zero-order valence-corrected chi connectivity index (χ0v) is 24.5. The van der Waals surface area contributed by atoms with E-state index in [1.807, 2.05) is 4.68 Å². The Balaban J connectivity index is 1.37. The summed E-state index contributed by atoms with van der Waals surface area (Å²) >= 11 is 1.50. The summed E-state index contributed by atoms with van der Waals surface area (Å²) in [6, 6.07) is 2.66. The second kappa shape index (κ2) is 10.3. The summed E-state index contributed by atoms with van der Waals surface area (Å²) in [6.45, 7) is 2.60.